The van der Waals surface area contributed by atoms with E-state index < -0.39 is 4.92 Å². The van der Waals surface area contributed by atoms with Gasteiger partial charge in [-0.1, -0.05) is 48.5 Å². The fourth-order valence-electron chi connectivity index (χ4n) is 2.88. The molecule has 2 aromatic heterocycles. The van der Waals surface area contributed by atoms with Crippen molar-refractivity contribution in [1.82, 2.24) is 9.78 Å². The molecule has 2 heterocycles. The van der Waals surface area contributed by atoms with E-state index in [1.807, 2.05) is 60.7 Å². The molecule has 4 rings (SSSR count). The van der Waals surface area contributed by atoms with Crippen molar-refractivity contribution in [2.24, 2.45) is 0 Å². The van der Waals surface area contributed by atoms with E-state index in [2.05, 4.69) is 10.4 Å². The smallest absolute Gasteiger partial charge is 0.399 e. The van der Waals surface area contributed by atoms with Crippen LogP contribution < -0.4 is 5.32 Å². The Morgan fingerprint density at radius 1 is 1.03 bits per heavy atom. The van der Waals surface area contributed by atoms with E-state index in [0.29, 0.717) is 11.4 Å². The van der Waals surface area contributed by atoms with Gasteiger partial charge in [-0.3, -0.25) is 14.9 Å². The summed E-state index contributed by atoms with van der Waals surface area (Å²) in [6, 6.07) is 23.1. The number of nitro groups is 1. The van der Waals surface area contributed by atoms with Crippen molar-refractivity contribution in [2.75, 3.05) is 11.9 Å². The molecular formula is C21H16N4O4. The predicted molar refractivity (Wildman–Crippen MR) is 108 cm³/mol. The average Bonchev–Trinajstić information content (AvgIpc) is 3.41. The summed E-state index contributed by atoms with van der Waals surface area (Å²) in [5.74, 6) is -0.440. The normalized spacial score (nSPS) is 10.6. The van der Waals surface area contributed by atoms with Gasteiger partial charge in [0, 0.05) is 11.3 Å². The number of anilines is 1. The summed E-state index contributed by atoms with van der Waals surface area (Å²) >= 11 is 0. The number of nitrogens with one attached hydrogen (secondary N) is 1. The molecule has 8 nitrogen and oxygen atoms in total. The molecule has 0 aliphatic heterocycles. The molecule has 8 heteroatoms. The number of para-hydroxylation sites is 1. The van der Waals surface area contributed by atoms with Crippen molar-refractivity contribution in [2.45, 2.75) is 0 Å². The summed E-state index contributed by atoms with van der Waals surface area (Å²) < 4.78 is 6.53. The lowest BCUT2D eigenvalue weighted by molar-refractivity contribution is -0.401. The molecule has 0 atom stereocenters. The van der Waals surface area contributed by atoms with Crippen molar-refractivity contribution in [3.05, 3.63) is 89.0 Å². The maximum Gasteiger partial charge on any atom is 0.433 e. The molecule has 0 amide bonds. The maximum atomic E-state index is 12.9. The lowest BCUT2D eigenvalue weighted by atomic mass is 10.1. The van der Waals surface area contributed by atoms with Crippen molar-refractivity contribution in [3.8, 4) is 22.7 Å². The van der Waals surface area contributed by atoms with Gasteiger partial charge in [0.25, 0.3) is 5.91 Å². The minimum atomic E-state index is -0.618. The highest BCUT2D eigenvalue weighted by molar-refractivity contribution is 5.87. The van der Waals surface area contributed by atoms with Crippen LogP contribution in [0.1, 0.15) is 4.79 Å². The first kappa shape index (κ1) is 18.2. The molecule has 0 bridgehead atoms. The van der Waals surface area contributed by atoms with Crippen LogP contribution in [0.4, 0.5) is 11.6 Å². The van der Waals surface area contributed by atoms with Crippen LogP contribution in [0.2, 0.25) is 0 Å². The number of hydrogen-bond donors (Lipinski definition) is 1. The van der Waals surface area contributed by atoms with Gasteiger partial charge in [-0.05, 0) is 24.3 Å². The fraction of sp³-hybridized carbons (Fsp3) is 0.0476. The van der Waals surface area contributed by atoms with Gasteiger partial charge in [0.05, 0.1) is 18.3 Å². The van der Waals surface area contributed by atoms with Crippen molar-refractivity contribution < 1.29 is 14.1 Å². The van der Waals surface area contributed by atoms with E-state index in [9.17, 15) is 14.9 Å². The summed E-state index contributed by atoms with van der Waals surface area (Å²) in [6.07, 6.45) is 0. The molecule has 144 valence electrons. The first-order valence-electron chi connectivity index (χ1n) is 8.84. The summed E-state index contributed by atoms with van der Waals surface area (Å²) in [5.41, 5.74) is 2.51. The van der Waals surface area contributed by atoms with Crippen LogP contribution >= 0.6 is 0 Å². The Balaban J connectivity index is 1.68. The topological polar surface area (TPSA) is 103 Å². The summed E-state index contributed by atoms with van der Waals surface area (Å²) in [7, 11) is 0. The largest absolute Gasteiger partial charge is 0.433 e. The Bertz CT molecular complexity index is 1150. The molecule has 4 aromatic rings. The minimum Gasteiger partial charge on any atom is -0.399 e. The highest BCUT2D eigenvalue weighted by Gasteiger charge is 2.20. The average molecular weight is 388 g/mol. The number of rotatable bonds is 6. The molecule has 0 saturated heterocycles. The van der Waals surface area contributed by atoms with Crippen LogP contribution in [0.3, 0.4) is 0 Å². The molecule has 2 aromatic carbocycles. The highest BCUT2D eigenvalue weighted by Crippen LogP contribution is 2.29. The first-order chi connectivity index (χ1) is 14.1. The number of benzene rings is 2. The van der Waals surface area contributed by atoms with Gasteiger partial charge >= 0.3 is 5.88 Å². The second kappa shape index (κ2) is 7.81. The third-order valence-corrected chi connectivity index (χ3v) is 4.26. The molecule has 0 aliphatic carbocycles. The van der Waals surface area contributed by atoms with Gasteiger partial charge in [-0.15, -0.1) is 0 Å². The van der Waals surface area contributed by atoms with Gasteiger partial charge in [0.2, 0.25) is 0 Å². The number of carbonyl (C=O) groups is 1. The first-order valence-corrected chi connectivity index (χ1v) is 8.84. The summed E-state index contributed by atoms with van der Waals surface area (Å²) in [4.78, 5) is 23.1. The highest BCUT2D eigenvalue weighted by atomic mass is 16.6. The minimum absolute atomic E-state index is 0.0310. The number of hydrogen-bond acceptors (Lipinski definition) is 6. The van der Waals surface area contributed by atoms with E-state index in [-0.39, 0.29) is 24.1 Å². The van der Waals surface area contributed by atoms with Crippen molar-refractivity contribution in [1.29, 1.82) is 0 Å². The van der Waals surface area contributed by atoms with Gasteiger partial charge in [0.1, 0.15) is 10.6 Å². The second-order valence-electron chi connectivity index (χ2n) is 6.20. The van der Waals surface area contributed by atoms with Crippen molar-refractivity contribution in [3.63, 3.8) is 0 Å². The Morgan fingerprint density at radius 3 is 2.38 bits per heavy atom. The second-order valence-corrected chi connectivity index (χ2v) is 6.20. The van der Waals surface area contributed by atoms with E-state index in [1.165, 1.54) is 16.8 Å². The van der Waals surface area contributed by atoms with Crippen LogP contribution in [-0.4, -0.2) is 27.2 Å². The monoisotopic (exact) mass is 388 g/mol. The van der Waals surface area contributed by atoms with Gasteiger partial charge in [-0.25, -0.2) is 0 Å². The molecule has 0 spiro atoms. The Labute approximate surface area is 165 Å². The standard InChI is InChI=1S/C21H16N4O4/c26-20(14-22-16-9-5-2-6-10-16)24-18(15-7-3-1-4-8-15)13-17(23-24)19-11-12-21(29-19)25(27)28/h1-13,22H,14H2. The molecule has 0 fully saturated rings. The lowest BCUT2D eigenvalue weighted by Crippen LogP contribution is -2.22. The predicted octanol–water partition coefficient (Wildman–Crippen LogP) is 4.47. The van der Waals surface area contributed by atoms with E-state index in [1.54, 1.807) is 6.07 Å². The maximum absolute atomic E-state index is 12.9. The Hall–Kier alpha value is -4.20. The number of nitrogens with zero attached hydrogens (tertiary/aromatic N) is 3. The van der Waals surface area contributed by atoms with Crippen LogP contribution in [0.5, 0.6) is 0 Å². The Morgan fingerprint density at radius 2 is 1.72 bits per heavy atom. The zero-order valence-electron chi connectivity index (χ0n) is 15.2. The summed E-state index contributed by atoms with van der Waals surface area (Å²) in [5, 5.41) is 18.3. The lowest BCUT2D eigenvalue weighted by Gasteiger charge is -2.08. The zero-order chi connectivity index (χ0) is 20.2. The van der Waals surface area contributed by atoms with Crippen LogP contribution in [0.15, 0.2) is 83.3 Å². The number of aromatic nitrogens is 2. The van der Waals surface area contributed by atoms with E-state index in [0.717, 1.165) is 11.3 Å². The molecule has 0 aliphatic rings. The molecule has 0 unspecified atom stereocenters. The third kappa shape index (κ3) is 3.91. The Kier molecular flexibility index (Phi) is 4.90. The quantitative estimate of drug-likeness (QED) is 0.386. The summed E-state index contributed by atoms with van der Waals surface area (Å²) in [6.45, 7) is 0.0310. The van der Waals surface area contributed by atoms with Gasteiger partial charge < -0.3 is 9.73 Å². The van der Waals surface area contributed by atoms with Crippen molar-refractivity contribution >= 4 is 17.5 Å². The number of carbonyl (C=O) groups excluding carboxylic acids is 1. The molecule has 0 radical (unpaired) electrons. The number of furan rings is 1. The zero-order valence-corrected chi connectivity index (χ0v) is 15.2. The van der Waals surface area contributed by atoms with Crippen LogP contribution in [-0.2, 0) is 0 Å². The van der Waals surface area contributed by atoms with E-state index in [4.69, 9.17) is 4.42 Å². The molecule has 0 saturated carbocycles. The molecular weight excluding hydrogens is 372 g/mol. The SMILES string of the molecule is O=C(CNc1ccccc1)n1nc(-c2ccc([N+](=O)[O-])o2)cc1-c1ccccc1. The van der Waals surface area contributed by atoms with Gasteiger partial charge in [-0.2, -0.15) is 9.78 Å². The third-order valence-electron chi connectivity index (χ3n) is 4.26. The van der Waals surface area contributed by atoms with E-state index >= 15 is 0 Å². The molecule has 1 N–H and O–H groups in total. The fourth-order valence-corrected chi connectivity index (χ4v) is 2.88. The molecule has 29 heavy (non-hydrogen) atoms. The van der Waals surface area contributed by atoms with Crippen LogP contribution in [0, 0.1) is 10.1 Å². The van der Waals surface area contributed by atoms with Crippen LogP contribution in [0.25, 0.3) is 22.7 Å². The van der Waals surface area contributed by atoms with Gasteiger partial charge in [0.15, 0.2) is 5.76 Å².